The molecule has 98 valence electrons. The lowest BCUT2D eigenvalue weighted by Gasteiger charge is -2.30. The molecule has 0 aliphatic carbocycles. The van der Waals surface area contributed by atoms with Gasteiger partial charge in [-0.1, -0.05) is 0 Å². The molecule has 2 amide bonds. The standard InChI is InChI=1S/C14H14N2O3/c17-13-11-3-4-12(19-11)14(18)16(13)9-1-2-10-8(7-9)5-6-15-10/h1-2,7,11-12,15H,3-6H2. The Balaban J connectivity index is 1.75. The molecule has 5 nitrogen and oxygen atoms in total. The number of anilines is 2. The number of imide groups is 1. The number of hydrogen-bond donors (Lipinski definition) is 1. The average molecular weight is 258 g/mol. The van der Waals surface area contributed by atoms with Crippen molar-refractivity contribution in [3.8, 4) is 0 Å². The van der Waals surface area contributed by atoms with Gasteiger partial charge < -0.3 is 10.1 Å². The summed E-state index contributed by atoms with van der Waals surface area (Å²) < 4.78 is 5.41. The SMILES string of the molecule is O=C1C2CCC(O2)C(=O)N1c1ccc2c(c1)CCN2. The molecule has 2 bridgehead atoms. The van der Waals surface area contributed by atoms with Gasteiger partial charge in [-0.25, -0.2) is 4.90 Å². The number of fused-ring (bicyclic) bond motifs is 3. The zero-order chi connectivity index (χ0) is 13.0. The monoisotopic (exact) mass is 258 g/mol. The van der Waals surface area contributed by atoms with Crippen molar-refractivity contribution >= 4 is 23.2 Å². The van der Waals surface area contributed by atoms with Gasteiger partial charge in [-0.2, -0.15) is 0 Å². The number of nitrogens with zero attached hydrogens (tertiary/aromatic N) is 1. The Morgan fingerprint density at radius 3 is 2.63 bits per heavy atom. The van der Waals surface area contributed by atoms with E-state index in [0.29, 0.717) is 18.5 Å². The molecule has 0 saturated carbocycles. The van der Waals surface area contributed by atoms with Gasteiger partial charge in [0.2, 0.25) is 0 Å². The first-order valence-electron chi connectivity index (χ1n) is 6.64. The van der Waals surface area contributed by atoms with Crippen molar-refractivity contribution in [2.24, 2.45) is 0 Å². The van der Waals surface area contributed by atoms with Crippen LogP contribution in [0.4, 0.5) is 11.4 Å². The van der Waals surface area contributed by atoms with E-state index in [1.54, 1.807) is 0 Å². The van der Waals surface area contributed by atoms with Gasteiger partial charge >= 0.3 is 0 Å². The number of rotatable bonds is 1. The van der Waals surface area contributed by atoms with Crippen molar-refractivity contribution in [1.29, 1.82) is 0 Å². The molecule has 0 aromatic heterocycles. The molecule has 3 aliphatic rings. The molecule has 1 N–H and O–H groups in total. The first-order valence-corrected chi connectivity index (χ1v) is 6.64. The zero-order valence-corrected chi connectivity index (χ0v) is 10.4. The second kappa shape index (κ2) is 3.81. The topological polar surface area (TPSA) is 58.6 Å². The minimum Gasteiger partial charge on any atom is -0.384 e. The van der Waals surface area contributed by atoms with E-state index in [4.69, 9.17) is 4.74 Å². The van der Waals surface area contributed by atoms with Crippen LogP contribution in [-0.2, 0) is 20.7 Å². The highest BCUT2D eigenvalue weighted by molar-refractivity contribution is 6.19. The summed E-state index contributed by atoms with van der Waals surface area (Å²) in [5.41, 5.74) is 2.94. The number of morpholine rings is 1. The molecule has 1 aromatic carbocycles. The molecule has 19 heavy (non-hydrogen) atoms. The highest BCUT2D eigenvalue weighted by Crippen LogP contribution is 2.34. The van der Waals surface area contributed by atoms with Gasteiger partial charge in [0.25, 0.3) is 11.8 Å². The number of hydrogen-bond acceptors (Lipinski definition) is 4. The second-order valence-corrected chi connectivity index (χ2v) is 5.22. The van der Waals surface area contributed by atoms with E-state index in [9.17, 15) is 9.59 Å². The smallest absolute Gasteiger partial charge is 0.262 e. The van der Waals surface area contributed by atoms with Gasteiger partial charge in [-0.3, -0.25) is 9.59 Å². The summed E-state index contributed by atoms with van der Waals surface area (Å²) in [5.74, 6) is -0.436. The molecule has 0 radical (unpaired) electrons. The van der Waals surface area contributed by atoms with Crippen LogP contribution >= 0.6 is 0 Å². The minimum atomic E-state index is -0.436. The second-order valence-electron chi connectivity index (χ2n) is 5.22. The lowest BCUT2D eigenvalue weighted by Crippen LogP contribution is -2.52. The molecular formula is C14H14N2O3. The maximum Gasteiger partial charge on any atom is 0.262 e. The minimum absolute atomic E-state index is 0.218. The number of benzene rings is 1. The average Bonchev–Trinajstić information content (AvgIpc) is 3.04. The quantitative estimate of drug-likeness (QED) is 0.766. The van der Waals surface area contributed by atoms with Gasteiger partial charge in [-0.05, 0) is 43.0 Å². The largest absolute Gasteiger partial charge is 0.384 e. The maximum atomic E-state index is 12.3. The first-order chi connectivity index (χ1) is 9.24. The lowest BCUT2D eigenvalue weighted by molar-refractivity contribution is -0.146. The summed E-state index contributed by atoms with van der Waals surface area (Å²) >= 11 is 0. The van der Waals surface area contributed by atoms with Gasteiger partial charge in [0.15, 0.2) is 0 Å². The van der Waals surface area contributed by atoms with Crippen LogP contribution in [0.15, 0.2) is 18.2 Å². The summed E-state index contributed by atoms with van der Waals surface area (Å²) in [5, 5.41) is 3.27. The summed E-state index contributed by atoms with van der Waals surface area (Å²) in [6.45, 7) is 0.912. The molecule has 3 aliphatic heterocycles. The molecular weight excluding hydrogens is 244 g/mol. The van der Waals surface area contributed by atoms with Crippen LogP contribution in [0.1, 0.15) is 18.4 Å². The van der Waals surface area contributed by atoms with Gasteiger partial charge in [-0.15, -0.1) is 0 Å². The molecule has 0 spiro atoms. The molecule has 3 heterocycles. The normalized spacial score (nSPS) is 28.5. The third-order valence-corrected chi connectivity index (χ3v) is 4.07. The molecule has 2 saturated heterocycles. The predicted octanol–water partition coefficient (Wildman–Crippen LogP) is 1.08. The van der Waals surface area contributed by atoms with Crippen LogP contribution in [0.2, 0.25) is 0 Å². The fourth-order valence-corrected chi connectivity index (χ4v) is 3.08. The Bertz CT molecular complexity index is 562. The summed E-state index contributed by atoms with van der Waals surface area (Å²) in [4.78, 5) is 25.8. The van der Waals surface area contributed by atoms with Crippen molar-refractivity contribution in [2.45, 2.75) is 31.5 Å². The van der Waals surface area contributed by atoms with E-state index in [0.717, 1.165) is 24.2 Å². The van der Waals surface area contributed by atoms with Gasteiger partial charge in [0, 0.05) is 12.2 Å². The van der Waals surface area contributed by atoms with Crippen LogP contribution < -0.4 is 10.2 Å². The van der Waals surface area contributed by atoms with Crippen LogP contribution in [0.3, 0.4) is 0 Å². The fraction of sp³-hybridized carbons (Fsp3) is 0.429. The molecule has 4 rings (SSSR count). The Labute approximate surface area is 110 Å². The van der Waals surface area contributed by atoms with Crippen LogP contribution in [0.5, 0.6) is 0 Å². The van der Waals surface area contributed by atoms with Crippen LogP contribution in [0, 0.1) is 0 Å². The van der Waals surface area contributed by atoms with Crippen molar-refractivity contribution in [2.75, 3.05) is 16.8 Å². The zero-order valence-electron chi connectivity index (χ0n) is 10.4. The first kappa shape index (κ1) is 11.0. The number of nitrogens with one attached hydrogen (secondary N) is 1. The summed E-state index contributed by atoms with van der Waals surface area (Å²) in [6.07, 6.45) is 1.36. The maximum absolute atomic E-state index is 12.3. The lowest BCUT2D eigenvalue weighted by atomic mass is 10.1. The number of amides is 2. The molecule has 2 atom stereocenters. The predicted molar refractivity (Wildman–Crippen MR) is 69.0 cm³/mol. The van der Waals surface area contributed by atoms with Gasteiger partial charge in [0.05, 0.1) is 5.69 Å². The van der Waals surface area contributed by atoms with Crippen molar-refractivity contribution in [1.82, 2.24) is 0 Å². The Kier molecular flexibility index (Phi) is 2.20. The third-order valence-electron chi connectivity index (χ3n) is 4.07. The number of ether oxygens (including phenoxy) is 1. The van der Waals surface area contributed by atoms with E-state index in [1.807, 2.05) is 18.2 Å². The Morgan fingerprint density at radius 1 is 1.16 bits per heavy atom. The van der Waals surface area contributed by atoms with Crippen molar-refractivity contribution in [3.05, 3.63) is 23.8 Å². The molecule has 1 aromatic rings. The van der Waals surface area contributed by atoms with Crippen molar-refractivity contribution in [3.63, 3.8) is 0 Å². The molecule has 2 fully saturated rings. The molecule has 5 heteroatoms. The van der Waals surface area contributed by atoms with E-state index in [-0.39, 0.29) is 11.8 Å². The van der Waals surface area contributed by atoms with E-state index in [1.165, 1.54) is 4.90 Å². The van der Waals surface area contributed by atoms with Gasteiger partial charge in [0.1, 0.15) is 12.2 Å². The van der Waals surface area contributed by atoms with Crippen LogP contribution in [0.25, 0.3) is 0 Å². The number of carbonyl (C=O) groups excluding carboxylic acids is 2. The Morgan fingerprint density at radius 2 is 1.89 bits per heavy atom. The van der Waals surface area contributed by atoms with E-state index < -0.39 is 12.2 Å². The van der Waals surface area contributed by atoms with E-state index >= 15 is 0 Å². The Hall–Kier alpha value is -1.88. The summed E-state index contributed by atoms with van der Waals surface area (Å²) in [6, 6.07) is 5.71. The van der Waals surface area contributed by atoms with E-state index in [2.05, 4.69) is 5.32 Å². The van der Waals surface area contributed by atoms with Crippen molar-refractivity contribution < 1.29 is 14.3 Å². The number of carbonyl (C=O) groups is 2. The third kappa shape index (κ3) is 1.51. The summed E-state index contributed by atoms with van der Waals surface area (Å²) in [7, 11) is 0. The fourth-order valence-electron chi connectivity index (χ4n) is 3.08. The highest BCUT2D eigenvalue weighted by Gasteiger charge is 2.47. The van der Waals surface area contributed by atoms with Crippen LogP contribution in [-0.4, -0.2) is 30.6 Å². The highest BCUT2D eigenvalue weighted by atomic mass is 16.5. The molecule has 2 unspecified atom stereocenters.